The third kappa shape index (κ3) is 5.27. The Bertz CT molecular complexity index is 692. The van der Waals surface area contributed by atoms with E-state index >= 15 is 0 Å². The number of aliphatic imine (C=N–C) groups is 1. The topological polar surface area (TPSA) is 45.5 Å². The number of halogens is 1. The molecule has 0 aliphatic rings. The molecule has 24 heavy (non-hydrogen) atoms. The number of nitrogens with one attached hydrogen (secondary N) is 1. The number of rotatable bonds is 6. The first-order valence-corrected chi connectivity index (χ1v) is 8.54. The minimum atomic E-state index is 0.758. The zero-order chi connectivity index (χ0) is 17.5. The van der Waals surface area contributed by atoms with Crippen molar-refractivity contribution in [3.63, 3.8) is 0 Å². The normalized spacial score (nSPS) is 11.6. The van der Waals surface area contributed by atoms with Crippen LogP contribution in [0.1, 0.15) is 23.4 Å². The smallest absolute Gasteiger partial charge is 0.193 e. The molecule has 0 fully saturated rings. The molecule has 0 saturated heterocycles. The first kappa shape index (κ1) is 18.3. The number of hydrogen-bond donors (Lipinski definition) is 1. The molecule has 1 aromatic heterocycles. The highest BCUT2D eigenvalue weighted by Crippen LogP contribution is 2.12. The van der Waals surface area contributed by atoms with Crippen molar-refractivity contribution >= 4 is 17.6 Å². The Hall–Kier alpha value is -2.01. The number of hydrogen-bond acceptors (Lipinski definition) is 2. The van der Waals surface area contributed by atoms with Gasteiger partial charge >= 0.3 is 0 Å². The summed E-state index contributed by atoms with van der Waals surface area (Å²) in [5, 5.41) is 8.64. The molecule has 0 unspecified atom stereocenters. The molecule has 1 aromatic carbocycles. The quantitative estimate of drug-likeness (QED) is 0.495. The van der Waals surface area contributed by atoms with Gasteiger partial charge in [-0.1, -0.05) is 23.7 Å². The van der Waals surface area contributed by atoms with Crippen LogP contribution in [0.2, 0.25) is 5.02 Å². The van der Waals surface area contributed by atoms with Crippen LogP contribution in [0.25, 0.3) is 0 Å². The van der Waals surface area contributed by atoms with Gasteiger partial charge in [-0.15, -0.1) is 0 Å². The maximum atomic E-state index is 6.04. The Morgan fingerprint density at radius 1 is 1.33 bits per heavy atom. The Balaban J connectivity index is 1.80. The average molecular weight is 348 g/mol. The lowest BCUT2D eigenvalue weighted by Gasteiger charge is -2.22. The standard InChI is InChI=1S/C18H26ClN5/c1-14-11-15(2)24(22-14)10-6-9-21-18(20-3)23(4)13-16-7-5-8-17(19)12-16/h5,7-8,11-12H,6,9-10,13H2,1-4H3,(H,20,21). The monoisotopic (exact) mass is 347 g/mol. The molecular weight excluding hydrogens is 322 g/mol. The molecule has 0 radical (unpaired) electrons. The lowest BCUT2D eigenvalue weighted by Crippen LogP contribution is -2.39. The van der Waals surface area contributed by atoms with Gasteiger partial charge in [0.15, 0.2) is 5.96 Å². The second-order valence-corrected chi connectivity index (χ2v) is 6.40. The first-order valence-electron chi connectivity index (χ1n) is 8.17. The highest BCUT2D eigenvalue weighted by atomic mass is 35.5. The molecule has 1 heterocycles. The van der Waals surface area contributed by atoms with Crippen LogP contribution < -0.4 is 5.32 Å². The minimum Gasteiger partial charge on any atom is -0.356 e. The summed E-state index contributed by atoms with van der Waals surface area (Å²) in [5.41, 5.74) is 3.43. The summed E-state index contributed by atoms with van der Waals surface area (Å²) in [6, 6.07) is 10.0. The maximum absolute atomic E-state index is 6.04. The third-order valence-corrected chi connectivity index (χ3v) is 4.05. The molecule has 130 valence electrons. The van der Waals surface area contributed by atoms with Crippen LogP contribution in [-0.2, 0) is 13.1 Å². The van der Waals surface area contributed by atoms with E-state index in [4.69, 9.17) is 11.6 Å². The van der Waals surface area contributed by atoms with E-state index in [9.17, 15) is 0 Å². The van der Waals surface area contributed by atoms with Crippen LogP contribution >= 0.6 is 11.6 Å². The molecule has 0 atom stereocenters. The molecule has 0 aliphatic heterocycles. The summed E-state index contributed by atoms with van der Waals surface area (Å²) in [4.78, 5) is 6.44. The number of guanidine groups is 1. The van der Waals surface area contributed by atoms with Crippen molar-refractivity contribution in [1.29, 1.82) is 0 Å². The van der Waals surface area contributed by atoms with Crippen LogP contribution in [0.15, 0.2) is 35.3 Å². The van der Waals surface area contributed by atoms with E-state index in [0.717, 1.165) is 48.3 Å². The molecule has 2 rings (SSSR count). The Kier molecular flexibility index (Phi) is 6.67. The summed E-state index contributed by atoms with van der Waals surface area (Å²) in [6.07, 6.45) is 0.992. The van der Waals surface area contributed by atoms with Crippen molar-refractivity contribution in [1.82, 2.24) is 20.0 Å². The molecule has 1 N–H and O–H groups in total. The SMILES string of the molecule is CN=C(NCCCn1nc(C)cc1C)N(C)Cc1cccc(Cl)c1. The minimum absolute atomic E-state index is 0.758. The van der Waals surface area contributed by atoms with Crippen LogP contribution in [0.4, 0.5) is 0 Å². The van der Waals surface area contributed by atoms with Crippen molar-refractivity contribution in [2.24, 2.45) is 4.99 Å². The average Bonchev–Trinajstić information content (AvgIpc) is 2.85. The number of aryl methyl sites for hydroxylation is 3. The van der Waals surface area contributed by atoms with Gasteiger partial charge in [-0.3, -0.25) is 9.67 Å². The molecule has 0 amide bonds. The molecular formula is C18H26ClN5. The van der Waals surface area contributed by atoms with Crippen LogP contribution in [0.5, 0.6) is 0 Å². The molecule has 5 nitrogen and oxygen atoms in total. The summed E-state index contributed by atoms with van der Waals surface area (Å²) >= 11 is 6.04. The zero-order valence-electron chi connectivity index (χ0n) is 14.9. The van der Waals surface area contributed by atoms with Gasteiger partial charge in [0, 0.05) is 44.4 Å². The number of aromatic nitrogens is 2. The van der Waals surface area contributed by atoms with Crippen molar-refractivity contribution < 1.29 is 0 Å². The Morgan fingerprint density at radius 3 is 2.75 bits per heavy atom. The van der Waals surface area contributed by atoms with Crippen molar-refractivity contribution in [2.45, 2.75) is 33.4 Å². The summed E-state index contributed by atoms with van der Waals surface area (Å²) < 4.78 is 2.05. The molecule has 0 spiro atoms. The van der Waals surface area contributed by atoms with Gasteiger partial charge in [0.25, 0.3) is 0 Å². The van der Waals surface area contributed by atoms with E-state index in [1.165, 1.54) is 5.69 Å². The fraction of sp³-hybridized carbons (Fsp3) is 0.444. The highest BCUT2D eigenvalue weighted by molar-refractivity contribution is 6.30. The van der Waals surface area contributed by atoms with Gasteiger partial charge in [-0.2, -0.15) is 5.10 Å². The van der Waals surface area contributed by atoms with Gasteiger partial charge in [-0.25, -0.2) is 0 Å². The van der Waals surface area contributed by atoms with Gasteiger partial charge in [0.2, 0.25) is 0 Å². The van der Waals surface area contributed by atoms with E-state index in [-0.39, 0.29) is 0 Å². The molecule has 6 heteroatoms. The first-order chi connectivity index (χ1) is 11.5. The fourth-order valence-corrected chi connectivity index (χ4v) is 2.91. The maximum Gasteiger partial charge on any atom is 0.193 e. The van der Waals surface area contributed by atoms with Crippen molar-refractivity contribution in [2.75, 3.05) is 20.6 Å². The Labute approximate surface area is 149 Å². The molecule has 0 saturated carbocycles. The lowest BCUT2D eigenvalue weighted by atomic mass is 10.2. The van der Waals surface area contributed by atoms with Gasteiger partial charge in [-0.05, 0) is 44.0 Å². The summed E-state index contributed by atoms with van der Waals surface area (Å²) in [5.74, 6) is 0.878. The van der Waals surface area contributed by atoms with Crippen LogP contribution in [-0.4, -0.2) is 41.3 Å². The van der Waals surface area contributed by atoms with Gasteiger partial charge < -0.3 is 10.2 Å². The van der Waals surface area contributed by atoms with Crippen LogP contribution in [0, 0.1) is 13.8 Å². The highest BCUT2D eigenvalue weighted by Gasteiger charge is 2.07. The molecule has 2 aromatic rings. The predicted octanol–water partition coefficient (Wildman–Crippen LogP) is 3.25. The predicted molar refractivity (Wildman–Crippen MR) is 101 cm³/mol. The van der Waals surface area contributed by atoms with E-state index in [1.807, 2.05) is 32.2 Å². The van der Waals surface area contributed by atoms with Gasteiger partial charge in [0.05, 0.1) is 5.69 Å². The van der Waals surface area contributed by atoms with Crippen molar-refractivity contribution in [3.05, 3.63) is 52.3 Å². The third-order valence-electron chi connectivity index (χ3n) is 3.82. The summed E-state index contributed by atoms with van der Waals surface area (Å²) in [7, 11) is 3.83. The molecule has 0 aliphatic carbocycles. The second kappa shape index (κ2) is 8.73. The number of nitrogens with zero attached hydrogens (tertiary/aromatic N) is 4. The van der Waals surface area contributed by atoms with E-state index in [2.05, 4.69) is 44.0 Å². The van der Waals surface area contributed by atoms with Crippen LogP contribution in [0.3, 0.4) is 0 Å². The largest absolute Gasteiger partial charge is 0.356 e. The lowest BCUT2D eigenvalue weighted by molar-refractivity contribution is 0.470. The Morgan fingerprint density at radius 2 is 2.12 bits per heavy atom. The van der Waals surface area contributed by atoms with E-state index in [0.29, 0.717) is 0 Å². The van der Waals surface area contributed by atoms with Crippen molar-refractivity contribution in [3.8, 4) is 0 Å². The zero-order valence-corrected chi connectivity index (χ0v) is 15.6. The number of benzene rings is 1. The fourth-order valence-electron chi connectivity index (χ4n) is 2.70. The summed E-state index contributed by atoms with van der Waals surface area (Å²) in [6.45, 7) is 6.63. The van der Waals surface area contributed by atoms with Gasteiger partial charge in [0.1, 0.15) is 0 Å². The second-order valence-electron chi connectivity index (χ2n) is 5.96. The van der Waals surface area contributed by atoms with E-state index in [1.54, 1.807) is 7.05 Å². The molecule has 0 bridgehead atoms. The van der Waals surface area contributed by atoms with E-state index < -0.39 is 0 Å².